The standard InChI is InChI=1S/C29H33N3O2/c1-18(2)19-12-14-20(15-13-19)28-27-23(22-10-6-7-11-24(22)30-27)16-25-29(34)31(17-26(33)32(25)28)21-8-4-3-5-9-21/h6-7,10-15,18,21,25,28,30H,3-5,8-9,16-17H2,1-2H3/t25-,28?/m1/s1. The Morgan fingerprint density at radius 1 is 0.941 bits per heavy atom. The highest BCUT2D eigenvalue weighted by atomic mass is 16.2. The minimum atomic E-state index is -0.440. The summed E-state index contributed by atoms with van der Waals surface area (Å²) in [5.41, 5.74) is 5.65. The third-order valence-electron chi connectivity index (χ3n) is 8.23. The number of para-hydroxylation sites is 1. The summed E-state index contributed by atoms with van der Waals surface area (Å²) in [6.07, 6.45) is 6.14. The fourth-order valence-electron chi connectivity index (χ4n) is 6.40. The zero-order valence-corrected chi connectivity index (χ0v) is 20.1. The number of H-pyrrole nitrogens is 1. The summed E-state index contributed by atoms with van der Waals surface area (Å²) in [5, 5.41) is 1.16. The molecule has 5 nitrogen and oxygen atoms in total. The first kappa shape index (κ1) is 21.5. The van der Waals surface area contributed by atoms with Crippen LogP contribution >= 0.6 is 0 Å². The number of piperazine rings is 1. The van der Waals surface area contributed by atoms with Gasteiger partial charge in [0.2, 0.25) is 11.8 Å². The number of nitrogens with one attached hydrogen (secondary N) is 1. The first-order valence-corrected chi connectivity index (χ1v) is 12.8. The van der Waals surface area contributed by atoms with E-state index in [9.17, 15) is 9.59 Å². The summed E-state index contributed by atoms with van der Waals surface area (Å²) in [5.74, 6) is 0.641. The first-order valence-electron chi connectivity index (χ1n) is 12.8. The van der Waals surface area contributed by atoms with Crippen molar-refractivity contribution < 1.29 is 9.59 Å². The van der Waals surface area contributed by atoms with E-state index < -0.39 is 6.04 Å². The third-order valence-corrected chi connectivity index (χ3v) is 8.23. The minimum Gasteiger partial charge on any atom is -0.356 e. The molecule has 1 saturated heterocycles. The molecule has 2 aliphatic heterocycles. The maximum atomic E-state index is 13.9. The van der Waals surface area contributed by atoms with Crippen LogP contribution in [0.2, 0.25) is 0 Å². The van der Waals surface area contributed by atoms with Crippen LogP contribution in [0.5, 0.6) is 0 Å². The Morgan fingerprint density at radius 3 is 2.41 bits per heavy atom. The predicted molar refractivity (Wildman–Crippen MR) is 134 cm³/mol. The molecular formula is C29H33N3O2. The fraction of sp³-hybridized carbons (Fsp3) is 0.448. The van der Waals surface area contributed by atoms with Crippen molar-refractivity contribution in [3.05, 3.63) is 70.9 Å². The lowest BCUT2D eigenvalue weighted by Crippen LogP contribution is -2.65. The zero-order chi connectivity index (χ0) is 23.4. The number of nitrogens with zero attached hydrogens (tertiary/aromatic N) is 2. The van der Waals surface area contributed by atoms with Gasteiger partial charge in [-0.25, -0.2) is 0 Å². The molecule has 0 spiro atoms. The number of amides is 2. The predicted octanol–water partition coefficient (Wildman–Crippen LogP) is 5.31. The van der Waals surface area contributed by atoms with E-state index in [-0.39, 0.29) is 30.4 Å². The Bertz CT molecular complexity index is 1240. The van der Waals surface area contributed by atoms with Gasteiger partial charge in [-0.3, -0.25) is 9.59 Å². The number of carbonyl (C=O) groups excluding carboxylic acids is 2. The van der Waals surface area contributed by atoms with Crippen molar-refractivity contribution in [3.8, 4) is 0 Å². The molecule has 1 saturated carbocycles. The average Bonchev–Trinajstić information content (AvgIpc) is 3.24. The largest absolute Gasteiger partial charge is 0.356 e. The monoisotopic (exact) mass is 455 g/mol. The van der Waals surface area contributed by atoms with Gasteiger partial charge in [0.1, 0.15) is 12.6 Å². The second-order valence-corrected chi connectivity index (χ2v) is 10.6. The third kappa shape index (κ3) is 3.36. The van der Waals surface area contributed by atoms with Crippen molar-refractivity contribution in [2.45, 2.75) is 76.4 Å². The van der Waals surface area contributed by atoms with Crippen molar-refractivity contribution in [1.29, 1.82) is 0 Å². The molecule has 1 aromatic heterocycles. The maximum Gasteiger partial charge on any atom is 0.246 e. The number of fused-ring (bicyclic) bond motifs is 4. The number of rotatable bonds is 3. The second kappa shape index (κ2) is 8.30. The molecule has 2 amide bonds. The van der Waals surface area contributed by atoms with E-state index in [1.165, 1.54) is 17.5 Å². The summed E-state index contributed by atoms with van der Waals surface area (Å²) in [6.45, 7) is 4.58. The van der Waals surface area contributed by atoms with Gasteiger partial charge in [0.25, 0.3) is 0 Å². The summed E-state index contributed by atoms with van der Waals surface area (Å²) in [7, 11) is 0. The van der Waals surface area contributed by atoms with E-state index >= 15 is 0 Å². The van der Waals surface area contributed by atoms with Gasteiger partial charge in [0, 0.05) is 29.1 Å². The van der Waals surface area contributed by atoms with Crippen LogP contribution in [0.1, 0.15) is 80.3 Å². The Morgan fingerprint density at radius 2 is 1.68 bits per heavy atom. The molecule has 2 fully saturated rings. The number of benzene rings is 2. The Balaban J connectivity index is 1.46. The average molecular weight is 456 g/mol. The van der Waals surface area contributed by atoms with Gasteiger partial charge in [0.05, 0.1) is 6.04 Å². The molecule has 5 heteroatoms. The molecule has 1 unspecified atom stereocenters. The molecule has 0 radical (unpaired) electrons. The van der Waals surface area contributed by atoms with Gasteiger partial charge in [-0.15, -0.1) is 0 Å². The Hall–Kier alpha value is -3.08. The van der Waals surface area contributed by atoms with Gasteiger partial charge >= 0.3 is 0 Å². The van der Waals surface area contributed by atoms with Crippen molar-refractivity contribution in [2.75, 3.05) is 6.54 Å². The highest BCUT2D eigenvalue weighted by Crippen LogP contribution is 2.43. The van der Waals surface area contributed by atoms with Gasteiger partial charge < -0.3 is 14.8 Å². The first-order chi connectivity index (χ1) is 16.5. The molecular weight excluding hydrogens is 422 g/mol. The van der Waals surface area contributed by atoms with Gasteiger partial charge in [-0.2, -0.15) is 0 Å². The van der Waals surface area contributed by atoms with Crippen LogP contribution in [0.4, 0.5) is 0 Å². The Labute approximate surface area is 201 Å². The fourth-order valence-corrected chi connectivity index (χ4v) is 6.40. The molecule has 6 rings (SSSR count). The molecule has 0 bridgehead atoms. The number of hydrogen-bond donors (Lipinski definition) is 1. The normalized spacial score (nSPS) is 23.5. The number of aromatic nitrogens is 1. The summed E-state index contributed by atoms with van der Waals surface area (Å²) in [4.78, 5) is 35.1. The van der Waals surface area contributed by atoms with Crippen LogP contribution in [0, 0.1) is 0 Å². The molecule has 2 atom stereocenters. The van der Waals surface area contributed by atoms with E-state index in [1.54, 1.807) is 0 Å². The van der Waals surface area contributed by atoms with E-state index in [1.807, 2.05) is 15.9 Å². The maximum absolute atomic E-state index is 13.9. The number of hydrogen-bond acceptors (Lipinski definition) is 2. The van der Waals surface area contributed by atoms with E-state index in [2.05, 4.69) is 61.3 Å². The van der Waals surface area contributed by atoms with Crippen molar-refractivity contribution >= 4 is 22.7 Å². The Kier molecular flexibility index (Phi) is 5.23. The van der Waals surface area contributed by atoms with E-state index in [0.29, 0.717) is 12.3 Å². The lowest BCUT2D eigenvalue weighted by Gasteiger charge is -2.49. The van der Waals surface area contributed by atoms with Gasteiger partial charge in [0.15, 0.2) is 0 Å². The van der Waals surface area contributed by atoms with Crippen LogP contribution in [0.3, 0.4) is 0 Å². The van der Waals surface area contributed by atoms with Crippen molar-refractivity contribution in [2.24, 2.45) is 0 Å². The topological polar surface area (TPSA) is 56.4 Å². The van der Waals surface area contributed by atoms with E-state index in [0.717, 1.165) is 47.8 Å². The molecule has 3 aliphatic rings. The lowest BCUT2D eigenvalue weighted by atomic mass is 9.84. The molecule has 1 aliphatic carbocycles. The molecule has 3 aromatic rings. The summed E-state index contributed by atoms with van der Waals surface area (Å²) < 4.78 is 0. The number of carbonyl (C=O) groups is 2. The van der Waals surface area contributed by atoms with E-state index in [4.69, 9.17) is 0 Å². The van der Waals surface area contributed by atoms with Crippen LogP contribution in [-0.2, 0) is 16.0 Å². The zero-order valence-electron chi connectivity index (χ0n) is 20.1. The van der Waals surface area contributed by atoms with Gasteiger partial charge in [-0.05, 0) is 41.5 Å². The molecule has 1 N–H and O–H groups in total. The lowest BCUT2D eigenvalue weighted by molar-refractivity contribution is -0.161. The van der Waals surface area contributed by atoms with Crippen LogP contribution < -0.4 is 0 Å². The van der Waals surface area contributed by atoms with Crippen LogP contribution in [-0.4, -0.2) is 45.2 Å². The quantitative estimate of drug-likeness (QED) is 0.582. The second-order valence-electron chi connectivity index (χ2n) is 10.6. The molecule has 34 heavy (non-hydrogen) atoms. The highest BCUT2D eigenvalue weighted by Gasteiger charge is 2.49. The molecule has 2 aromatic carbocycles. The molecule has 176 valence electrons. The van der Waals surface area contributed by atoms with Crippen molar-refractivity contribution in [3.63, 3.8) is 0 Å². The number of aromatic amines is 1. The highest BCUT2D eigenvalue weighted by molar-refractivity contribution is 5.97. The SMILES string of the molecule is CC(C)c1ccc(C2c3[nH]c4ccccc4c3C[C@@H]3C(=O)N(C4CCCCC4)CC(=O)N23)cc1. The van der Waals surface area contributed by atoms with Crippen LogP contribution in [0.15, 0.2) is 48.5 Å². The minimum absolute atomic E-state index is 0.0671. The van der Waals surface area contributed by atoms with Crippen LogP contribution in [0.25, 0.3) is 10.9 Å². The summed E-state index contributed by atoms with van der Waals surface area (Å²) >= 11 is 0. The molecule has 3 heterocycles. The smallest absolute Gasteiger partial charge is 0.246 e. The van der Waals surface area contributed by atoms with Gasteiger partial charge in [-0.1, -0.05) is 75.6 Å². The summed E-state index contributed by atoms with van der Waals surface area (Å²) in [6, 6.07) is 16.4. The van der Waals surface area contributed by atoms with Crippen molar-refractivity contribution in [1.82, 2.24) is 14.8 Å².